The van der Waals surface area contributed by atoms with Crippen LogP contribution in [0.15, 0.2) is 12.1 Å². The molecule has 0 spiro atoms. The summed E-state index contributed by atoms with van der Waals surface area (Å²) in [6, 6.07) is 1.60. The first-order valence-corrected chi connectivity index (χ1v) is 6.92. The first kappa shape index (κ1) is 15.2. The minimum atomic E-state index is -0.885. The molecule has 2 nitrogen and oxygen atoms in total. The molecule has 1 fully saturated rings. The highest BCUT2D eigenvalue weighted by atomic mass is 19.1. The Morgan fingerprint density at radius 2 is 1.75 bits per heavy atom. The van der Waals surface area contributed by atoms with E-state index in [4.69, 9.17) is 0 Å². The number of anilines is 1. The van der Waals surface area contributed by atoms with Crippen molar-refractivity contribution in [2.75, 3.05) is 24.5 Å². The van der Waals surface area contributed by atoms with Gasteiger partial charge in [-0.15, -0.1) is 0 Å². The van der Waals surface area contributed by atoms with Crippen molar-refractivity contribution in [2.45, 2.75) is 33.2 Å². The van der Waals surface area contributed by atoms with E-state index in [-0.39, 0.29) is 17.1 Å². The summed E-state index contributed by atoms with van der Waals surface area (Å²) >= 11 is 0. The van der Waals surface area contributed by atoms with E-state index in [9.17, 15) is 13.2 Å². The molecule has 1 aliphatic rings. The lowest BCUT2D eigenvalue weighted by atomic mass is 9.86. The molecule has 5 heteroatoms. The van der Waals surface area contributed by atoms with E-state index in [2.05, 4.69) is 26.1 Å². The maximum atomic E-state index is 13.9. The molecule has 1 atom stereocenters. The fourth-order valence-electron chi connectivity index (χ4n) is 2.54. The number of halogens is 3. The minimum absolute atomic E-state index is 0.0183. The van der Waals surface area contributed by atoms with Crippen molar-refractivity contribution in [1.82, 2.24) is 5.32 Å². The zero-order valence-electron chi connectivity index (χ0n) is 12.1. The van der Waals surface area contributed by atoms with Gasteiger partial charge in [0, 0.05) is 31.3 Å². The largest absolute Gasteiger partial charge is 0.365 e. The fourth-order valence-corrected chi connectivity index (χ4v) is 2.54. The van der Waals surface area contributed by atoms with Gasteiger partial charge >= 0.3 is 0 Å². The molecule has 1 aromatic carbocycles. The fraction of sp³-hybridized carbons (Fsp3) is 0.600. The maximum absolute atomic E-state index is 13.9. The number of hydrogen-bond acceptors (Lipinski definition) is 2. The van der Waals surface area contributed by atoms with E-state index in [1.807, 2.05) is 0 Å². The Balaban J connectivity index is 2.31. The predicted octanol–water partition coefficient (Wildman–Crippen LogP) is 3.32. The van der Waals surface area contributed by atoms with Crippen molar-refractivity contribution < 1.29 is 13.2 Å². The van der Waals surface area contributed by atoms with Gasteiger partial charge in [0.2, 0.25) is 0 Å². The zero-order chi connectivity index (χ0) is 14.9. The maximum Gasteiger partial charge on any atom is 0.152 e. The Hall–Kier alpha value is -1.23. The van der Waals surface area contributed by atoms with Gasteiger partial charge in [0.25, 0.3) is 0 Å². The third kappa shape index (κ3) is 3.26. The first-order chi connectivity index (χ1) is 9.29. The molecule has 2 rings (SSSR count). The van der Waals surface area contributed by atoms with Crippen LogP contribution in [0.2, 0.25) is 0 Å². The van der Waals surface area contributed by atoms with Gasteiger partial charge in [-0.1, -0.05) is 20.8 Å². The smallest absolute Gasteiger partial charge is 0.152 e. The number of nitrogens with zero attached hydrogens (tertiary/aromatic N) is 1. The van der Waals surface area contributed by atoms with Gasteiger partial charge in [0.15, 0.2) is 11.6 Å². The molecule has 0 aromatic heterocycles. The molecule has 1 heterocycles. The molecule has 0 radical (unpaired) electrons. The lowest BCUT2D eigenvalue weighted by molar-refractivity contribution is 0.280. The van der Waals surface area contributed by atoms with Gasteiger partial charge in [-0.25, -0.2) is 13.2 Å². The quantitative estimate of drug-likeness (QED) is 0.852. The number of hydrogen-bond donors (Lipinski definition) is 1. The van der Waals surface area contributed by atoms with Crippen molar-refractivity contribution in [3.05, 3.63) is 29.6 Å². The van der Waals surface area contributed by atoms with Gasteiger partial charge < -0.3 is 10.2 Å². The molecule has 112 valence electrons. The van der Waals surface area contributed by atoms with Gasteiger partial charge in [-0.3, -0.25) is 0 Å². The monoisotopic (exact) mass is 286 g/mol. The summed E-state index contributed by atoms with van der Waals surface area (Å²) in [5.41, 5.74) is -0.139. The summed E-state index contributed by atoms with van der Waals surface area (Å²) in [5.74, 6) is -2.56. The molecule has 0 aliphatic carbocycles. The van der Waals surface area contributed by atoms with E-state index in [0.717, 1.165) is 25.1 Å². The molecule has 1 N–H and O–H groups in total. The van der Waals surface area contributed by atoms with Crippen LogP contribution < -0.4 is 10.2 Å². The highest BCUT2D eigenvalue weighted by Gasteiger charge is 2.30. The van der Waals surface area contributed by atoms with Crippen LogP contribution >= 0.6 is 0 Å². The summed E-state index contributed by atoms with van der Waals surface area (Å²) in [6.45, 7) is 8.13. The van der Waals surface area contributed by atoms with Crippen molar-refractivity contribution >= 4 is 5.69 Å². The number of nitrogens with one attached hydrogen (secondary N) is 1. The lowest BCUT2D eigenvalue weighted by Crippen LogP contribution is -2.46. The SMILES string of the molecule is CC(C)(C)C1CN(c2c(F)cc(F)cc2F)CCCN1. The summed E-state index contributed by atoms with van der Waals surface area (Å²) in [4.78, 5) is 1.68. The molecule has 1 aliphatic heterocycles. The van der Waals surface area contributed by atoms with E-state index in [0.29, 0.717) is 13.1 Å². The predicted molar refractivity (Wildman–Crippen MR) is 74.4 cm³/mol. The van der Waals surface area contributed by atoms with Crippen LogP contribution in [0, 0.1) is 22.9 Å². The third-order valence-electron chi connectivity index (χ3n) is 3.74. The van der Waals surface area contributed by atoms with Crippen LogP contribution in [0.25, 0.3) is 0 Å². The second kappa shape index (κ2) is 5.64. The molecule has 1 aromatic rings. The van der Waals surface area contributed by atoms with Crippen LogP contribution in [0.5, 0.6) is 0 Å². The van der Waals surface area contributed by atoms with Crippen LogP contribution in [0.4, 0.5) is 18.9 Å². The first-order valence-electron chi connectivity index (χ1n) is 6.92. The average Bonchev–Trinajstić information content (AvgIpc) is 2.52. The summed E-state index contributed by atoms with van der Waals surface area (Å²) < 4.78 is 40.8. The lowest BCUT2D eigenvalue weighted by Gasteiger charge is -2.34. The van der Waals surface area contributed by atoms with E-state index in [1.54, 1.807) is 4.90 Å². The molecule has 1 saturated heterocycles. The molecule has 0 saturated carbocycles. The van der Waals surface area contributed by atoms with Crippen molar-refractivity contribution in [1.29, 1.82) is 0 Å². The van der Waals surface area contributed by atoms with Crippen LogP contribution in [0.3, 0.4) is 0 Å². The summed E-state index contributed by atoms with van der Waals surface area (Å²) in [6.07, 6.45) is 0.794. The highest BCUT2D eigenvalue weighted by molar-refractivity contribution is 5.49. The van der Waals surface area contributed by atoms with Gasteiger partial charge in [0.1, 0.15) is 11.5 Å². The number of benzene rings is 1. The summed E-state index contributed by atoms with van der Waals surface area (Å²) in [5, 5.41) is 3.41. The molecule has 0 bridgehead atoms. The summed E-state index contributed by atoms with van der Waals surface area (Å²) in [7, 11) is 0. The van der Waals surface area contributed by atoms with E-state index in [1.165, 1.54) is 0 Å². The van der Waals surface area contributed by atoms with Crippen molar-refractivity contribution in [3.63, 3.8) is 0 Å². The zero-order valence-corrected chi connectivity index (χ0v) is 12.1. The standard InChI is InChI=1S/C15H21F3N2/c1-15(2,3)13-9-20(6-4-5-19-13)14-11(17)7-10(16)8-12(14)18/h7-8,13,19H,4-6,9H2,1-3H3. The Morgan fingerprint density at radius 3 is 2.30 bits per heavy atom. The van der Waals surface area contributed by atoms with Gasteiger partial charge in [0.05, 0.1) is 0 Å². The van der Waals surface area contributed by atoms with Crippen molar-refractivity contribution in [3.8, 4) is 0 Å². The second-order valence-electron chi connectivity index (χ2n) is 6.39. The normalized spacial score (nSPS) is 20.9. The van der Waals surface area contributed by atoms with E-state index < -0.39 is 17.5 Å². The highest BCUT2D eigenvalue weighted by Crippen LogP contribution is 2.29. The van der Waals surface area contributed by atoms with Crippen LogP contribution in [0.1, 0.15) is 27.2 Å². The minimum Gasteiger partial charge on any atom is -0.365 e. The molecule has 20 heavy (non-hydrogen) atoms. The Kier molecular flexibility index (Phi) is 4.28. The Labute approximate surface area is 118 Å². The average molecular weight is 286 g/mol. The number of rotatable bonds is 1. The third-order valence-corrected chi connectivity index (χ3v) is 3.74. The van der Waals surface area contributed by atoms with E-state index >= 15 is 0 Å². The van der Waals surface area contributed by atoms with Gasteiger partial charge in [-0.05, 0) is 18.4 Å². The second-order valence-corrected chi connectivity index (χ2v) is 6.39. The van der Waals surface area contributed by atoms with Crippen LogP contribution in [-0.2, 0) is 0 Å². The molecular formula is C15H21F3N2. The molecule has 1 unspecified atom stereocenters. The Bertz CT molecular complexity index is 459. The van der Waals surface area contributed by atoms with Crippen molar-refractivity contribution in [2.24, 2.45) is 5.41 Å². The molecule has 0 amide bonds. The molecular weight excluding hydrogens is 265 g/mol. The Morgan fingerprint density at radius 1 is 1.15 bits per heavy atom. The van der Waals surface area contributed by atoms with Gasteiger partial charge in [-0.2, -0.15) is 0 Å². The topological polar surface area (TPSA) is 15.3 Å². The van der Waals surface area contributed by atoms with Crippen LogP contribution in [-0.4, -0.2) is 25.7 Å².